The third-order valence-electron chi connectivity index (χ3n) is 5.24. The number of halogens is 3. The molecule has 0 aliphatic carbocycles. The van der Waals surface area contributed by atoms with Crippen LogP contribution in [0.15, 0.2) is 53.0 Å². The van der Waals surface area contributed by atoms with Gasteiger partial charge in [0, 0.05) is 15.6 Å². The summed E-state index contributed by atoms with van der Waals surface area (Å²) in [5.74, 6) is 0.822. The van der Waals surface area contributed by atoms with Crippen LogP contribution in [0.3, 0.4) is 0 Å². The number of rotatable bonds is 7. The molecular formula is C23H20BrF2NO6S. The van der Waals surface area contributed by atoms with Crippen molar-refractivity contribution in [3.63, 3.8) is 0 Å². The van der Waals surface area contributed by atoms with E-state index in [2.05, 4.69) is 15.9 Å². The topological polar surface area (TPSA) is 97.1 Å². The molecule has 0 amide bonds. The number of sulfonamides is 1. The number of methoxy groups -OCH3 is 2. The van der Waals surface area contributed by atoms with Crippen LogP contribution in [0.1, 0.15) is 22.8 Å². The van der Waals surface area contributed by atoms with Crippen molar-refractivity contribution in [3.8, 4) is 34.1 Å². The average Bonchev–Trinajstić information content (AvgIpc) is 2.76. The minimum atomic E-state index is -3.80. The first-order valence-electron chi connectivity index (χ1n) is 9.90. The SMILES string of the molecule is COc1ccc(C2Oc3cc(Br)cc(OC(F)F)c3-c3ccc(CS(N)(=O)=O)cc32)cc1OC. The van der Waals surface area contributed by atoms with Crippen LogP contribution in [0.25, 0.3) is 11.1 Å². The molecule has 34 heavy (non-hydrogen) atoms. The maximum Gasteiger partial charge on any atom is 0.387 e. The first-order valence-corrected chi connectivity index (χ1v) is 12.4. The highest BCUT2D eigenvalue weighted by atomic mass is 79.9. The van der Waals surface area contributed by atoms with Crippen LogP contribution in [0.4, 0.5) is 8.78 Å². The van der Waals surface area contributed by atoms with Gasteiger partial charge in [-0.2, -0.15) is 8.78 Å². The molecular weight excluding hydrogens is 536 g/mol. The van der Waals surface area contributed by atoms with Crippen LogP contribution in [0.5, 0.6) is 23.0 Å². The van der Waals surface area contributed by atoms with E-state index in [1.54, 1.807) is 42.5 Å². The highest BCUT2D eigenvalue weighted by Crippen LogP contribution is 2.51. The highest BCUT2D eigenvalue weighted by Gasteiger charge is 2.32. The number of ether oxygens (including phenoxy) is 4. The van der Waals surface area contributed by atoms with Crippen molar-refractivity contribution in [2.75, 3.05) is 14.2 Å². The molecule has 0 fully saturated rings. The summed E-state index contributed by atoms with van der Waals surface area (Å²) < 4.78 is 72.0. The van der Waals surface area contributed by atoms with E-state index in [9.17, 15) is 17.2 Å². The quantitative estimate of drug-likeness (QED) is 0.440. The number of primary sulfonamides is 1. The predicted octanol–water partition coefficient (Wildman–Crippen LogP) is 5.01. The lowest BCUT2D eigenvalue weighted by atomic mass is 9.88. The molecule has 1 aliphatic rings. The summed E-state index contributed by atoms with van der Waals surface area (Å²) in [4.78, 5) is 0. The minimum Gasteiger partial charge on any atom is -0.493 e. The summed E-state index contributed by atoms with van der Waals surface area (Å²) >= 11 is 3.31. The number of benzene rings is 3. The highest BCUT2D eigenvalue weighted by molar-refractivity contribution is 9.10. The van der Waals surface area contributed by atoms with Gasteiger partial charge in [-0.1, -0.05) is 40.2 Å². The van der Waals surface area contributed by atoms with Crippen LogP contribution < -0.4 is 24.1 Å². The van der Waals surface area contributed by atoms with Crippen LogP contribution in [-0.2, 0) is 15.8 Å². The van der Waals surface area contributed by atoms with Gasteiger partial charge in [0.25, 0.3) is 0 Å². The maximum atomic E-state index is 13.2. The van der Waals surface area contributed by atoms with Crippen LogP contribution in [-0.4, -0.2) is 29.2 Å². The van der Waals surface area contributed by atoms with E-state index >= 15 is 0 Å². The molecule has 0 spiro atoms. The van der Waals surface area contributed by atoms with E-state index in [4.69, 9.17) is 24.1 Å². The normalized spacial score (nSPS) is 14.7. The Morgan fingerprint density at radius 2 is 1.76 bits per heavy atom. The Hall–Kier alpha value is -2.89. The van der Waals surface area contributed by atoms with E-state index in [0.29, 0.717) is 49.5 Å². The molecule has 0 saturated carbocycles. The Morgan fingerprint density at radius 1 is 1.03 bits per heavy atom. The van der Waals surface area contributed by atoms with Crippen molar-refractivity contribution < 1.29 is 36.1 Å². The standard InChI is InChI=1S/C23H20BrF2NO6S/c1-30-17-6-4-13(8-18(17)31-2)22-16-7-12(11-34(27,28)29)3-5-15(16)21-19(32-22)9-14(24)10-20(21)33-23(25)26/h3-10,22-23H,11H2,1-2H3,(H2,27,28,29). The smallest absolute Gasteiger partial charge is 0.387 e. The van der Waals surface area contributed by atoms with Crippen molar-refractivity contribution >= 4 is 26.0 Å². The molecule has 3 aromatic carbocycles. The second kappa shape index (κ2) is 9.40. The Morgan fingerprint density at radius 3 is 2.41 bits per heavy atom. The van der Waals surface area contributed by atoms with Crippen molar-refractivity contribution in [2.24, 2.45) is 5.14 Å². The molecule has 0 aromatic heterocycles. The molecule has 0 bridgehead atoms. The van der Waals surface area contributed by atoms with Crippen molar-refractivity contribution in [1.82, 2.24) is 0 Å². The van der Waals surface area contributed by atoms with Crippen molar-refractivity contribution in [3.05, 3.63) is 69.7 Å². The van der Waals surface area contributed by atoms with Gasteiger partial charge in [-0.15, -0.1) is 0 Å². The van der Waals surface area contributed by atoms with Gasteiger partial charge in [-0.05, 0) is 35.4 Å². The van der Waals surface area contributed by atoms with Gasteiger partial charge in [0.05, 0.1) is 25.5 Å². The summed E-state index contributed by atoms with van der Waals surface area (Å²) in [6, 6.07) is 13.2. The molecule has 0 saturated heterocycles. The Bertz CT molecular complexity index is 1350. The Balaban J connectivity index is 1.94. The number of hydrogen-bond acceptors (Lipinski definition) is 6. The van der Waals surface area contributed by atoms with Gasteiger partial charge in [-0.25, -0.2) is 13.6 Å². The molecule has 1 atom stereocenters. The molecule has 7 nitrogen and oxygen atoms in total. The second-order valence-electron chi connectivity index (χ2n) is 7.50. The van der Waals surface area contributed by atoms with Gasteiger partial charge < -0.3 is 18.9 Å². The zero-order valence-electron chi connectivity index (χ0n) is 18.0. The molecule has 0 radical (unpaired) electrons. The third kappa shape index (κ3) is 4.96. The molecule has 4 rings (SSSR count). The zero-order chi connectivity index (χ0) is 24.6. The van der Waals surface area contributed by atoms with Crippen LogP contribution in [0, 0.1) is 0 Å². The summed E-state index contributed by atoms with van der Waals surface area (Å²) in [7, 11) is -0.786. The summed E-state index contributed by atoms with van der Waals surface area (Å²) in [5.41, 5.74) is 2.54. The Kier molecular flexibility index (Phi) is 6.70. The lowest BCUT2D eigenvalue weighted by Gasteiger charge is -2.31. The van der Waals surface area contributed by atoms with E-state index in [1.165, 1.54) is 20.3 Å². The molecule has 1 aliphatic heterocycles. The van der Waals surface area contributed by atoms with E-state index in [1.807, 2.05) is 0 Å². The number of hydrogen-bond donors (Lipinski definition) is 1. The summed E-state index contributed by atoms with van der Waals surface area (Å²) in [6.45, 7) is -3.05. The van der Waals surface area contributed by atoms with Gasteiger partial charge in [0.1, 0.15) is 17.6 Å². The first kappa shape index (κ1) is 24.2. The fourth-order valence-corrected chi connectivity index (χ4v) is 5.00. The zero-order valence-corrected chi connectivity index (χ0v) is 20.5. The van der Waals surface area contributed by atoms with E-state index in [0.717, 1.165) is 0 Å². The largest absolute Gasteiger partial charge is 0.493 e. The minimum absolute atomic E-state index is 0.0782. The maximum absolute atomic E-state index is 13.2. The van der Waals surface area contributed by atoms with Crippen LogP contribution in [0.2, 0.25) is 0 Å². The molecule has 180 valence electrons. The molecule has 1 heterocycles. The first-order chi connectivity index (χ1) is 16.1. The van der Waals surface area contributed by atoms with Crippen LogP contribution >= 0.6 is 15.9 Å². The monoisotopic (exact) mass is 555 g/mol. The molecule has 1 unspecified atom stereocenters. The molecule has 11 heteroatoms. The average molecular weight is 556 g/mol. The number of alkyl halides is 2. The Labute approximate surface area is 203 Å². The summed E-state index contributed by atoms with van der Waals surface area (Å²) in [5, 5.41) is 5.23. The van der Waals surface area contributed by atoms with Gasteiger partial charge in [0.15, 0.2) is 11.5 Å². The van der Waals surface area contributed by atoms with E-state index < -0.39 is 28.5 Å². The third-order valence-corrected chi connectivity index (χ3v) is 6.43. The van der Waals surface area contributed by atoms with Gasteiger partial charge in [-0.3, -0.25) is 0 Å². The summed E-state index contributed by atoms with van der Waals surface area (Å²) in [6.07, 6.45) is -0.712. The number of fused-ring (bicyclic) bond motifs is 3. The van der Waals surface area contributed by atoms with Gasteiger partial charge >= 0.3 is 6.61 Å². The fraction of sp³-hybridized carbons (Fsp3) is 0.217. The second-order valence-corrected chi connectivity index (χ2v) is 10.0. The predicted molar refractivity (Wildman–Crippen MR) is 125 cm³/mol. The van der Waals surface area contributed by atoms with Crippen molar-refractivity contribution in [1.29, 1.82) is 0 Å². The van der Waals surface area contributed by atoms with E-state index in [-0.39, 0.29) is 5.75 Å². The molecule has 3 aromatic rings. The van der Waals surface area contributed by atoms with Crippen molar-refractivity contribution in [2.45, 2.75) is 18.5 Å². The molecule has 2 N–H and O–H groups in total. The van der Waals surface area contributed by atoms with Gasteiger partial charge in [0.2, 0.25) is 10.0 Å². The fourth-order valence-electron chi connectivity index (χ4n) is 3.94. The number of nitrogens with two attached hydrogens (primary N) is 1. The lowest BCUT2D eigenvalue weighted by molar-refractivity contribution is -0.0496. The lowest BCUT2D eigenvalue weighted by Crippen LogP contribution is -2.19.